The minimum absolute atomic E-state index is 0.0119. The Labute approximate surface area is 207 Å². The lowest BCUT2D eigenvalue weighted by Gasteiger charge is -2.31. The van der Waals surface area contributed by atoms with Crippen molar-refractivity contribution in [3.8, 4) is 0 Å². The summed E-state index contributed by atoms with van der Waals surface area (Å²) >= 11 is 12.2. The summed E-state index contributed by atoms with van der Waals surface area (Å²) in [6.45, 7) is 2.27. The van der Waals surface area contributed by atoms with E-state index >= 15 is 0 Å². The molecule has 0 aliphatic heterocycles. The Hall–Kier alpha value is -2.89. The molecule has 2 aromatic rings. The van der Waals surface area contributed by atoms with Crippen LogP contribution < -0.4 is 9.62 Å². The first kappa shape index (κ1) is 27.4. The highest BCUT2D eigenvalue weighted by Crippen LogP contribution is 2.28. The van der Waals surface area contributed by atoms with E-state index in [1.165, 1.54) is 37.1 Å². The Morgan fingerprint density at radius 1 is 1.18 bits per heavy atom. The lowest BCUT2D eigenvalue weighted by Crippen LogP contribution is -2.50. The Balaban J connectivity index is 2.50. The second-order valence-electron chi connectivity index (χ2n) is 7.55. The summed E-state index contributed by atoms with van der Waals surface area (Å²) in [5, 5.41) is 14.3. The molecule has 1 atom stereocenters. The van der Waals surface area contributed by atoms with Gasteiger partial charge in [0.15, 0.2) is 0 Å². The molecule has 1 N–H and O–H groups in total. The van der Waals surface area contributed by atoms with E-state index in [0.29, 0.717) is 16.1 Å². The van der Waals surface area contributed by atoms with Gasteiger partial charge >= 0.3 is 0 Å². The fourth-order valence-electron chi connectivity index (χ4n) is 3.20. The Morgan fingerprint density at radius 2 is 1.82 bits per heavy atom. The third-order valence-corrected chi connectivity index (χ3v) is 6.83. The van der Waals surface area contributed by atoms with Crippen molar-refractivity contribution in [1.29, 1.82) is 0 Å². The van der Waals surface area contributed by atoms with E-state index in [2.05, 4.69) is 5.32 Å². The van der Waals surface area contributed by atoms with Crippen LogP contribution in [-0.4, -0.2) is 55.9 Å². The number of nitrogens with zero attached hydrogens (tertiary/aromatic N) is 3. The van der Waals surface area contributed by atoms with E-state index in [1.54, 1.807) is 19.1 Å². The molecule has 0 spiro atoms. The highest BCUT2D eigenvalue weighted by Gasteiger charge is 2.31. The number of rotatable bonds is 9. The largest absolute Gasteiger partial charge is 0.357 e. The normalized spacial score (nSPS) is 12.1. The van der Waals surface area contributed by atoms with Gasteiger partial charge in [-0.25, -0.2) is 8.42 Å². The van der Waals surface area contributed by atoms with Crippen molar-refractivity contribution in [2.75, 3.05) is 24.2 Å². The zero-order valence-corrected chi connectivity index (χ0v) is 21.2. The molecule has 0 saturated carbocycles. The van der Waals surface area contributed by atoms with Crippen LogP contribution in [0.1, 0.15) is 18.1 Å². The summed E-state index contributed by atoms with van der Waals surface area (Å²) in [5.74, 6) is -1.19. The van der Waals surface area contributed by atoms with Crippen LogP contribution >= 0.6 is 23.2 Å². The van der Waals surface area contributed by atoms with Crippen LogP contribution in [0.2, 0.25) is 10.0 Å². The third kappa shape index (κ3) is 6.58. The molecule has 2 aromatic carbocycles. The SMILES string of the molecule is CNC(=O)C(C)N(Cc1ccc(Cl)cc1Cl)C(=O)CN(c1cc([N+](=O)[O-])ccc1C)S(C)(=O)=O. The number of halogens is 2. The van der Waals surface area contributed by atoms with Crippen molar-refractivity contribution < 1.29 is 22.9 Å². The summed E-state index contributed by atoms with van der Waals surface area (Å²) in [5.41, 5.74) is 0.565. The first-order chi connectivity index (χ1) is 15.8. The number of carbonyl (C=O) groups excluding carboxylic acids is 2. The number of hydrogen-bond acceptors (Lipinski definition) is 6. The molecule has 0 bridgehead atoms. The van der Waals surface area contributed by atoms with Gasteiger partial charge in [-0.1, -0.05) is 35.3 Å². The van der Waals surface area contributed by atoms with Crippen molar-refractivity contribution in [1.82, 2.24) is 10.2 Å². The number of non-ortho nitro benzene ring substituents is 1. The van der Waals surface area contributed by atoms with Gasteiger partial charge in [-0.15, -0.1) is 0 Å². The number of nitrogens with one attached hydrogen (secondary N) is 1. The van der Waals surface area contributed by atoms with Gasteiger partial charge in [0.25, 0.3) is 5.69 Å². The van der Waals surface area contributed by atoms with E-state index in [1.807, 2.05) is 0 Å². The summed E-state index contributed by atoms with van der Waals surface area (Å²) < 4.78 is 26.0. The number of aryl methyl sites for hydroxylation is 1. The zero-order valence-electron chi connectivity index (χ0n) is 18.9. The quantitative estimate of drug-likeness (QED) is 0.391. The van der Waals surface area contributed by atoms with Crippen molar-refractivity contribution in [3.63, 3.8) is 0 Å². The lowest BCUT2D eigenvalue weighted by molar-refractivity contribution is -0.384. The van der Waals surface area contributed by atoms with Crippen molar-refractivity contribution in [2.45, 2.75) is 26.4 Å². The van der Waals surface area contributed by atoms with Gasteiger partial charge in [-0.05, 0) is 37.1 Å². The van der Waals surface area contributed by atoms with E-state index in [0.717, 1.165) is 16.6 Å². The molecule has 13 heteroatoms. The molecule has 0 radical (unpaired) electrons. The predicted octanol–water partition coefficient (Wildman–Crippen LogP) is 3.14. The Bertz CT molecular complexity index is 1220. The fourth-order valence-corrected chi connectivity index (χ4v) is 4.57. The smallest absolute Gasteiger partial charge is 0.271 e. The predicted molar refractivity (Wildman–Crippen MR) is 131 cm³/mol. The van der Waals surface area contributed by atoms with Gasteiger partial charge in [-0.3, -0.25) is 24.0 Å². The molecule has 184 valence electrons. The number of anilines is 1. The van der Waals surface area contributed by atoms with Crippen LogP contribution in [0.4, 0.5) is 11.4 Å². The standard InChI is InChI=1S/C21H24Cl2N4O6S/c1-13-5-8-17(27(30)31)10-19(13)26(34(4,32)33)12-20(28)25(14(2)21(29)24-3)11-15-6-7-16(22)9-18(15)23/h5-10,14H,11-12H2,1-4H3,(H,24,29). The topological polar surface area (TPSA) is 130 Å². The van der Waals surface area contributed by atoms with Gasteiger partial charge in [0.2, 0.25) is 21.8 Å². The van der Waals surface area contributed by atoms with Crippen LogP contribution in [0.5, 0.6) is 0 Å². The molecule has 0 aliphatic rings. The highest BCUT2D eigenvalue weighted by atomic mass is 35.5. The lowest BCUT2D eigenvalue weighted by atomic mass is 10.1. The number of nitro benzene ring substituents is 1. The Kier molecular flexibility index (Phi) is 8.87. The first-order valence-corrected chi connectivity index (χ1v) is 12.5. The number of benzene rings is 2. The van der Waals surface area contributed by atoms with Crippen LogP contribution in [0.3, 0.4) is 0 Å². The van der Waals surface area contributed by atoms with E-state index in [9.17, 15) is 28.1 Å². The van der Waals surface area contributed by atoms with Gasteiger partial charge in [0, 0.05) is 35.8 Å². The van der Waals surface area contributed by atoms with Gasteiger partial charge in [0.05, 0.1) is 16.9 Å². The highest BCUT2D eigenvalue weighted by molar-refractivity contribution is 7.92. The van der Waals surface area contributed by atoms with Gasteiger partial charge in [-0.2, -0.15) is 0 Å². The van der Waals surface area contributed by atoms with Crippen LogP contribution in [-0.2, 0) is 26.2 Å². The van der Waals surface area contributed by atoms with Crippen molar-refractivity contribution in [3.05, 3.63) is 67.7 Å². The monoisotopic (exact) mass is 530 g/mol. The second kappa shape index (κ2) is 11.0. The molecule has 2 rings (SSSR count). The van der Waals surface area contributed by atoms with Crippen LogP contribution in [0, 0.1) is 17.0 Å². The summed E-state index contributed by atoms with van der Waals surface area (Å²) in [6.07, 6.45) is 0.890. The van der Waals surface area contributed by atoms with Crippen LogP contribution in [0.25, 0.3) is 0 Å². The molecule has 1 unspecified atom stereocenters. The van der Waals surface area contributed by atoms with E-state index < -0.39 is 39.3 Å². The average Bonchev–Trinajstić information content (AvgIpc) is 2.75. The second-order valence-corrected chi connectivity index (χ2v) is 10.3. The maximum Gasteiger partial charge on any atom is 0.271 e. The number of amides is 2. The zero-order chi connectivity index (χ0) is 25.8. The maximum absolute atomic E-state index is 13.4. The molecule has 34 heavy (non-hydrogen) atoms. The average molecular weight is 531 g/mol. The van der Waals surface area contributed by atoms with E-state index in [-0.39, 0.29) is 22.9 Å². The maximum atomic E-state index is 13.4. The molecule has 0 aliphatic carbocycles. The summed E-state index contributed by atoms with van der Waals surface area (Å²) in [7, 11) is -2.62. The molecule has 0 heterocycles. The van der Waals surface area contributed by atoms with Gasteiger partial charge in [0.1, 0.15) is 12.6 Å². The Morgan fingerprint density at radius 3 is 2.35 bits per heavy atom. The molecule has 0 aromatic heterocycles. The molecular weight excluding hydrogens is 507 g/mol. The minimum Gasteiger partial charge on any atom is -0.357 e. The fraction of sp³-hybridized carbons (Fsp3) is 0.333. The van der Waals surface area contributed by atoms with Gasteiger partial charge < -0.3 is 10.2 Å². The number of carbonyl (C=O) groups is 2. The van der Waals surface area contributed by atoms with Crippen molar-refractivity contribution in [2.24, 2.45) is 0 Å². The molecule has 10 nitrogen and oxygen atoms in total. The summed E-state index contributed by atoms with van der Waals surface area (Å²) in [4.78, 5) is 37.5. The molecule has 2 amide bonds. The third-order valence-electron chi connectivity index (χ3n) is 5.12. The first-order valence-electron chi connectivity index (χ1n) is 9.94. The number of hydrogen-bond donors (Lipinski definition) is 1. The number of likely N-dealkylation sites (N-methyl/N-ethyl adjacent to an activating group) is 1. The number of sulfonamides is 1. The minimum atomic E-state index is -4.03. The van der Waals surface area contributed by atoms with Crippen LogP contribution in [0.15, 0.2) is 36.4 Å². The molecular formula is C21H24Cl2N4O6S. The van der Waals surface area contributed by atoms with Crippen molar-refractivity contribution >= 4 is 56.4 Å². The van der Waals surface area contributed by atoms with E-state index in [4.69, 9.17) is 23.2 Å². The number of nitro groups is 1. The summed E-state index contributed by atoms with van der Waals surface area (Å²) in [6, 6.07) is 7.41. The molecule has 0 saturated heterocycles. The molecule has 0 fully saturated rings.